The fraction of sp³-hybridized carbons (Fsp3) is 0.471. The van der Waals surface area contributed by atoms with E-state index in [0.717, 1.165) is 29.7 Å². The van der Waals surface area contributed by atoms with E-state index in [4.69, 9.17) is 5.73 Å². The van der Waals surface area contributed by atoms with Crippen molar-refractivity contribution < 1.29 is 9.59 Å². The third-order valence-corrected chi connectivity index (χ3v) is 4.84. The topological polar surface area (TPSA) is 102 Å². The van der Waals surface area contributed by atoms with Crippen LogP contribution in [-0.4, -0.2) is 27.0 Å². The van der Waals surface area contributed by atoms with E-state index in [1.807, 2.05) is 42.8 Å². The van der Waals surface area contributed by atoms with Crippen LogP contribution in [0.4, 0.5) is 4.79 Å². The zero-order valence-corrected chi connectivity index (χ0v) is 14.0. The van der Waals surface area contributed by atoms with Crippen LogP contribution in [0.2, 0.25) is 0 Å². The Hall–Kier alpha value is -2.57. The van der Waals surface area contributed by atoms with E-state index in [1.54, 1.807) is 0 Å². The number of hydrogen-bond acceptors (Lipinski definition) is 3. The standard InChI is InChI=1S/C17H23N5O2/c1-11(14-20-12-7-3-4-8-13(12)22(14)2)19-16(24)21-17(15(18)23)9-5-6-10-17/h3-4,7-8,11H,5-6,9-10H2,1-2H3,(H2,18,23)(H2,19,21,24)/t11-/m1/s1. The highest BCUT2D eigenvalue weighted by Gasteiger charge is 2.41. The van der Waals surface area contributed by atoms with Crippen LogP contribution in [0.15, 0.2) is 24.3 Å². The number of primary amides is 1. The van der Waals surface area contributed by atoms with Gasteiger partial charge in [-0.25, -0.2) is 9.78 Å². The van der Waals surface area contributed by atoms with Crippen molar-refractivity contribution in [3.63, 3.8) is 0 Å². The molecule has 1 aromatic heterocycles. The predicted octanol–water partition coefficient (Wildman–Crippen LogP) is 1.73. The summed E-state index contributed by atoms with van der Waals surface area (Å²) in [5, 5.41) is 5.65. The number of nitrogens with two attached hydrogens (primary N) is 1. The normalized spacial score (nSPS) is 17.6. The fourth-order valence-corrected chi connectivity index (χ4v) is 3.48. The summed E-state index contributed by atoms with van der Waals surface area (Å²) in [4.78, 5) is 28.7. The van der Waals surface area contributed by atoms with E-state index < -0.39 is 17.5 Å². The van der Waals surface area contributed by atoms with Crippen LogP contribution < -0.4 is 16.4 Å². The van der Waals surface area contributed by atoms with Gasteiger partial charge < -0.3 is 20.9 Å². The molecular formula is C17H23N5O2. The number of urea groups is 1. The molecule has 1 saturated carbocycles. The molecule has 3 rings (SSSR count). The van der Waals surface area contributed by atoms with Crippen molar-refractivity contribution in [1.29, 1.82) is 0 Å². The van der Waals surface area contributed by atoms with Gasteiger partial charge in [0.1, 0.15) is 11.4 Å². The monoisotopic (exact) mass is 329 g/mol. The number of nitrogens with zero attached hydrogens (tertiary/aromatic N) is 2. The molecule has 24 heavy (non-hydrogen) atoms. The zero-order valence-electron chi connectivity index (χ0n) is 14.0. The molecule has 128 valence electrons. The number of aromatic nitrogens is 2. The molecule has 7 nitrogen and oxygen atoms in total. The summed E-state index contributed by atoms with van der Waals surface area (Å²) in [5.74, 6) is 0.288. The summed E-state index contributed by atoms with van der Waals surface area (Å²) in [6.45, 7) is 1.87. The summed E-state index contributed by atoms with van der Waals surface area (Å²) in [5.41, 5.74) is 6.47. The molecule has 0 aliphatic heterocycles. The van der Waals surface area contributed by atoms with Crippen LogP contribution in [0.1, 0.15) is 44.5 Å². The van der Waals surface area contributed by atoms with Crippen LogP contribution >= 0.6 is 0 Å². The molecule has 0 spiro atoms. The first-order chi connectivity index (χ1) is 11.4. The lowest BCUT2D eigenvalue weighted by molar-refractivity contribution is -0.123. The number of carbonyl (C=O) groups excluding carboxylic acids is 2. The second kappa shape index (κ2) is 6.14. The maximum absolute atomic E-state index is 12.4. The van der Waals surface area contributed by atoms with E-state index in [1.165, 1.54) is 0 Å². The molecule has 0 radical (unpaired) electrons. The highest BCUT2D eigenvalue weighted by molar-refractivity contribution is 5.90. The van der Waals surface area contributed by atoms with Gasteiger partial charge in [0, 0.05) is 7.05 Å². The van der Waals surface area contributed by atoms with Gasteiger partial charge in [-0.05, 0) is 31.9 Å². The van der Waals surface area contributed by atoms with Crippen molar-refractivity contribution in [2.75, 3.05) is 0 Å². The second-order valence-corrected chi connectivity index (χ2v) is 6.49. The maximum atomic E-state index is 12.4. The fourth-order valence-electron chi connectivity index (χ4n) is 3.48. The first-order valence-corrected chi connectivity index (χ1v) is 8.23. The predicted molar refractivity (Wildman–Crippen MR) is 91.2 cm³/mol. The lowest BCUT2D eigenvalue weighted by atomic mass is 9.97. The first kappa shape index (κ1) is 16.3. The molecule has 3 amide bonds. The number of fused-ring (bicyclic) bond motifs is 1. The quantitative estimate of drug-likeness (QED) is 0.796. The SMILES string of the molecule is C[C@@H](NC(=O)NC1(C(N)=O)CCCC1)c1nc2ccccc2n1C. The molecule has 1 aliphatic carbocycles. The van der Waals surface area contributed by atoms with Gasteiger partial charge in [0.15, 0.2) is 0 Å². The number of rotatable bonds is 4. The van der Waals surface area contributed by atoms with Crippen molar-refractivity contribution >= 4 is 23.0 Å². The summed E-state index contributed by atoms with van der Waals surface area (Å²) in [7, 11) is 1.92. The highest BCUT2D eigenvalue weighted by atomic mass is 16.2. The van der Waals surface area contributed by atoms with Crippen LogP contribution in [-0.2, 0) is 11.8 Å². The molecule has 0 saturated heterocycles. The van der Waals surface area contributed by atoms with Crippen molar-refractivity contribution in [3.8, 4) is 0 Å². The van der Waals surface area contributed by atoms with Gasteiger partial charge in [0.2, 0.25) is 5.91 Å². The molecule has 1 atom stereocenters. The third-order valence-electron chi connectivity index (χ3n) is 4.84. The summed E-state index contributed by atoms with van der Waals surface area (Å²) in [6.07, 6.45) is 2.97. The van der Waals surface area contributed by atoms with E-state index in [9.17, 15) is 9.59 Å². The number of aryl methyl sites for hydroxylation is 1. The number of benzene rings is 1. The minimum Gasteiger partial charge on any atom is -0.368 e. The van der Waals surface area contributed by atoms with Crippen molar-refractivity contribution in [3.05, 3.63) is 30.1 Å². The van der Waals surface area contributed by atoms with Crippen molar-refractivity contribution in [2.24, 2.45) is 12.8 Å². The average Bonchev–Trinajstić information content (AvgIpc) is 3.13. The Labute approximate surface area is 140 Å². The van der Waals surface area contributed by atoms with E-state index in [0.29, 0.717) is 12.8 Å². The molecule has 0 unspecified atom stereocenters. The molecule has 1 fully saturated rings. The van der Waals surface area contributed by atoms with Gasteiger partial charge in [-0.1, -0.05) is 25.0 Å². The second-order valence-electron chi connectivity index (χ2n) is 6.49. The summed E-state index contributed by atoms with van der Waals surface area (Å²) in [6, 6.07) is 7.12. The highest BCUT2D eigenvalue weighted by Crippen LogP contribution is 2.29. The molecule has 4 N–H and O–H groups in total. The number of imidazole rings is 1. The lowest BCUT2D eigenvalue weighted by Gasteiger charge is -2.27. The molecule has 1 heterocycles. The van der Waals surface area contributed by atoms with Gasteiger partial charge in [-0.2, -0.15) is 0 Å². The largest absolute Gasteiger partial charge is 0.368 e. The summed E-state index contributed by atoms with van der Waals surface area (Å²) >= 11 is 0. The Morgan fingerprint density at radius 1 is 1.29 bits per heavy atom. The van der Waals surface area contributed by atoms with Gasteiger partial charge in [0.05, 0.1) is 17.1 Å². The molecule has 2 aromatic rings. The van der Waals surface area contributed by atoms with Crippen molar-refractivity contribution in [2.45, 2.75) is 44.2 Å². The molecule has 7 heteroatoms. The Morgan fingerprint density at radius 3 is 2.58 bits per heavy atom. The average molecular weight is 329 g/mol. The van der Waals surface area contributed by atoms with Gasteiger partial charge >= 0.3 is 6.03 Å². The number of carbonyl (C=O) groups is 2. The smallest absolute Gasteiger partial charge is 0.316 e. The molecule has 1 aliphatic rings. The van der Waals surface area contributed by atoms with Crippen LogP contribution in [0.3, 0.4) is 0 Å². The number of amides is 3. The first-order valence-electron chi connectivity index (χ1n) is 8.23. The van der Waals surface area contributed by atoms with Gasteiger partial charge in [-0.3, -0.25) is 4.79 Å². The minimum atomic E-state index is -0.920. The van der Waals surface area contributed by atoms with Gasteiger partial charge in [0.25, 0.3) is 0 Å². The van der Waals surface area contributed by atoms with Crippen LogP contribution in [0.5, 0.6) is 0 Å². The molecular weight excluding hydrogens is 306 g/mol. The minimum absolute atomic E-state index is 0.297. The number of para-hydroxylation sites is 2. The number of nitrogens with one attached hydrogen (secondary N) is 2. The van der Waals surface area contributed by atoms with Crippen LogP contribution in [0, 0.1) is 0 Å². The zero-order chi connectivity index (χ0) is 17.3. The molecule has 0 bridgehead atoms. The third kappa shape index (κ3) is 2.81. The van der Waals surface area contributed by atoms with Gasteiger partial charge in [-0.15, -0.1) is 0 Å². The van der Waals surface area contributed by atoms with E-state index in [2.05, 4.69) is 15.6 Å². The maximum Gasteiger partial charge on any atom is 0.316 e. The van der Waals surface area contributed by atoms with Crippen molar-refractivity contribution in [1.82, 2.24) is 20.2 Å². The Bertz CT molecular complexity index is 776. The molecule has 1 aromatic carbocycles. The number of hydrogen-bond donors (Lipinski definition) is 3. The van der Waals surface area contributed by atoms with Crippen LogP contribution in [0.25, 0.3) is 11.0 Å². The Kier molecular flexibility index (Phi) is 4.17. The Morgan fingerprint density at radius 2 is 1.96 bits per heavy atom. The van der Waals surface area contributed by atoms with E-state index >= 15 is 0 Å². The van der Waals surface area contributed by atoms with E-state index in [-0.39, 0.29) is 6.04 Å². The Balaban J connectivity index is 1.74. The summed E-state index contributed by atoms with van der Waals surface area (Å²) < 4.78 is 1.96. The lowest BCUT2D eigenvalue weighted by Crippen LogP contribution is -2.58.